The van der Waals surface area contributed by atoms with Crippen molar-refractivity contribution in [3.63, 3.8) is 0 Å². The molecular formula is C24H23ClN4O5S. The molecular weight excluding hydrogens is 492 g/mol. The fraction of sp³-hybridized carbons (Fsp3) is 0.208. The summed E-state index contributed by atoms with van der Waals surface area (Å²) < 4.78 is 33.8. The fourth-order valence-electron chi connectivity index (χ4n) is 4.38. The van der Waals surface area contributed by atoms with E-state index in [2.05, 4.69) is 16.0 Å². The number of phenolic OH excluding ortho intramolecular Hbond substituents is 1. The van der Waals surface area contributed by atoms with Gasteiger partial charge < -0.3 is 25.8 Å². The van der Waals surface area contributed by atoms with Crippen LogP contribution in [-0.4, -0.2) is 49.0 Å². The smallest absolute Gasteiger partial charge is 0.323 e. The molecule has 11 heteroatoms. The van der Waals surface area contributed by atoms with Gasteiger partial charge >= 0.3 is 6.03 Å². The van der Waals surface area contributed by atoms with Crippen molar-refractivity contribution in [3.05, 3.63) is 71.8 Å². The average Bonchev–Trinajstić information content (AvgIpc) is 3.47. The van der Waals surface area contributed by atoms with Gasteiger partial charge in [0, 0.05) is 25.2 Å². The number of amides is 2. The Bertz CT molecular complexity index is 1370. The summed E-state index contributed by atoms with van der Waals surface area (Å²) in [6.45, 7) is 0.853. The van der Waals surface area contributed by atoms with Crippen molar-refractivity contribution in [2.45, 2.75) is 23.4 Å². The Morgan fingerprint density at radius 3 is 2.46 bits per heavy atom. The molecule has 35 heavy (non-hydrogen) atoms. The highest BCUT2D eigenvalue weighted by Gasteiger charge is 2.45. The first kappa shape index (κ1) is 23.4. The van der Waals surface area contributed by atoms with Gasteiger partial charge in [-0.1, -0.05) is 41.9 Å². The lowest BCUT2D eigenvalue weighted by atomic mass is 10.2. The normalized spacial score (nSPS) is 19.5. The van der Waals surface area contributed by atoms with Crippen LogP contribution in [0.5, 0.6) is 17.2 Å². The van der Waals surface area contributed by atoms with Crippen molar-refractivity contribution in [1.82, 2.24) is 9.62 Å². The fourth-order valence-corrected chi connectivity index (χ4v) is 6.65. The summed E-state index contributed by atoms with van der Waals surface area (Å²) >= 11 is 6.20. The molecule has 2 atom stereocenters. The molecule has 2 heterocycles. The first-order valence-corrected chi connectivity index (χ1v) is 12.8. The number of ether oxygens (including phenoxy) is 1. The molecule has 0 aromatic heterocycles. The van der Waals surface area contributed by atoms with Crippen LogP contribution in [0.25, 0.3) is 0 Å². The highest BCUT2D eigenvalue weighted by molar-refractivity contribution is 7.89. The quantitative estimate of drug-likeness (QED) is 0.366. The van der Waals surface area contributed by atoms with Gasteiger partial charge in [0.25, 0.3) is 0 Å². The van der Waals surface area contributed by atoms with E-state index >= 15 is 0 Å². The van der Waals surface area contributed by atoms with Gasteiger partial charge in [0.05, 0.1) is 16.4 Å². The highest BCUT2D eigenvalue weighted by atomic mass is 35.5. The maximum atomic E-state index is 13.3. The number of fused-ring (bicyclic) bond motifs is 2. The summed E-state index contributed by atoms with van der Waals surface area (Å²) in [4.78, 5) is 12.3. The zero-order valence-electron chi connectivity index (χ0n) is 18.4. The number of carbonyl (C=O) groups is 1. The lowest BCUT2D eigenvalue weighted by molar-refractivity contribution is 0.262. The van der Waals surface area contributed by atoms with Crippen molar-refractivity contribution in [1.29, 1.82) is 0 Å². The van der Waals surface area contributed by atoms with Crippen molar-refractivity contribution in [2.24, 2.45) is 0 Å². The van der Waals surface area contributed by atoms with Gasteiger partial charge in [-0.05, 0) is 42.8 Å². The van der Waals surface area contributed by atoms with Crippen molar-refractivity contribution in [2.75, 3.05) is 23.7 Å². The van der Waals surface area contributed by atoms with Crippen LogP contribution in [0.2, 0.25) is 5.02 Å². The molecule has 0 saturated carbocycles. The van der Waals surface area contributed by atoms with Crippen LogP contribution in [0.3, 0.4) is 0 Å². The number of phenols is 1. The van der Waals surface area contributed by atoms with Crippen LogP contribution in [0.1, 0.15) is 6.42 Å². The van der Waals surface area contributed by atoms with E-state index in [9.17, 15) is 18.3 Å². The van der Waals surface area contributed by atoms with Gasteiger partial charge in [0.1, 0.15) is 10.6 Å². The largest absolute Gasteiger partial charge is 0.504 e. The van der Waals surface area contributed by atoms with Gasteiger partial charge in [-0.15, -0.1) is 0 Å². The lowest BCUT2D eigenvalue weighted by Gasteiger charge is -2.27. The van der Waals surface area contributed by atoms with Crippen LogP contribution >= 0.6 is 11.6 Å². The minimum Gasteiger partial charge on any atom is -0.504 e. The summed E-state index contributed by atoms with van der Waals surface area (Å²) in [5.74, 6) is 0.394. The van der Waals surface area contributed by atoms with E-state index in [1.165, 1.54) is 16.4 Å². The van der Waals surface area contributed by atoms with E-state index in [4.69, 9.17) is 16.3 Å². The predicted octanol–water partition coefficient (Wildman–Crippen LogP) is 4.22. The lowest BCUT2D eigenvalue weighted by Crippen LogP contribution is -2.46. The third kappa shape index (κ3) is 4.65. The summed E-state index contributed by atoms with van der Waals surface area (Å²) in [5.41, 5.74) is 0.296. The van der Waals surface area contributed by atoms with E-state index in [1.54, 1.807) is 36.4 Å². The molecule has 2 amide bonds. The predicted molar refractivity (Wildman–Crippen MR) is 133 cm³/mol. The number of anilines is 2. The number of nitrogens with one attached hydrogen (secondary N) is 3. The maximum absolute atomic E-state index is 13.3. The second-order valence-electron chi connectivity index (χ2n) is 8.33. The minimum absolute atomic E-state index is 0.0842. The SMILES string of the molecule is O=C(Nc1ccccc1Oc1ccccc1)Nc1ccc(Cl)c(S(=O)(=O)N2C[C@H]3C[C@H]2CN3)c1O. The van der Waals surface area contributed by atoms with Crippen LogP contribution in [-0.2, 0) is 10.0 Å². The Kier molecular flexibility index (Phi) is 6.28. The molecule has 0 spiro atoms. The minimum atomic E-state index is -4.07. The van der Waals surface area contributed by atoms with Crippen LogP contribution in [0, 0.1) is 0 Å². The second kappa shape index (κ2) is 9.38. The molecule has 0 unspecified atom stereocenters. The van der Waals surface area contributed by atoms with Gasteiger partial charge in [-0.25, -0.2) is 13.2 Å². The molecule has 0 aliphatic carbocycles. The van der Waals surface area contributed by atoms with E-state index in [0.717, 1.165) is 0 Å². The molecule has 2 aliphatic heterocycles. The summed E-state index contributed by atoms with van der Waals surface area (Å²) in [5, 5.41) is 19.1. The Hall–Kier alpha value is -3.31. The summed E-state index contributed by atoms with van der Waals surface area (Å²) in [6.07, 6.45) is 0.711. The number of aromatic hydroxyl groups is 1. The molecule has 0 radical (unpaired) electrons. The summed E-state index contributed by atoms with van der Waals surface area (Å²) in [7, 11) is -4.07. The van der Waals surface area contributed by atoms with Crippen molar-refractivity contribution < 1.29 is 23.1 Å². The van der Waals surface area contributed by atoms with Crippen LogP contribution in [0.15, 0.2) is 71.6 Å². The Morgan fingerprint density at radius 2 is 1.74 bits per heavy atom. The molecule has 5 rings (SSSR count). The van der Waals surface area contributed by atoms with E-state index in [0.29, 0.717) is 36.7 Å². The zero-order valence-corrected chi connectivity index (χ0v) is 20.0. The Morgan fingerprint density at radius 1 is 1.03 bits per heavy atom. The van der Waals surface area contributed by atoms with Crippen molar-refractivity contribution >= 4 is 39.0 Å². The number of para-hydroxylation sites is 3. The van der Waals surface area contributed by atoms with E-state index < -0.39 is 26.7 Å². The zero-order chi connectivity index (χ0) is 24.6. The molecule has 3 aromatic carbocycles. The number of urea groups is 1. The number of benzene rings is 3. The molecule has 4 N–H and O–H groups in total. The molecule has 2 saturated heterocycles. The first-order valence-electron chi connectivity index (χ1n) is 11.0. The van der Waals surface area contributed by atoms with E-state index in [1.807, 2.05) is 18.2 Å². The molecule has 182 valence electrons. The number of piperazine rings is 1. The maximum Gasteiger partial charge on any atom is 0.323 e. The van der Waals surface area contributed by atoms with Gasteiger partial charge in [0.2, 0.25) is 10.0 Å². The number of sulfonamides is 1. The standard InChI is InChI=1S/C24H23ClN4O5S/c25-18-10-11-20(22(30)23(18)35(32,33)29-14-15-12-16(29)13-26-15)28-24(31)27-19-8-4-5-9-21(19)34-17-6-2-1-3-7-17/h1-11,15-16,26,30H,12-14H2,(H2,27,28,31)/t15-,16+/m1/s1. The number of nitrogens with zero attached hydrogens (tertiary/aromatic N) is 1. The molecule has 2 aliphatic rings. The number of rotatable bonds is 6. The van der Waals surface area contributed by atoms with E-state index in [-0.39, 0.29) is 22.8 Å². The van der Waals surface area contributed by atoms with Gasteiger partial charge in [0.15, 0.2) is 11.5 Å². The molecule has 2 bridgehead atoms. The van der Waals surface area contributed by atoms with Crippen LogP contribution in [0.4, 0.5) is 16.2 Å². The third-order valence-corrected chi connectivity index (χ3v) is 8.43. The molecule has 2 fully saturated rings. The Labute approximate surface area is 207 Å². The third-order valence-electron chi connectivity index (χ3n) is 6.01. The second-order valence-corrected chi connectivity index (χ2v) is 10.6. The summed E-state index contributed by atoms with van der Waals surface area (Å²) in [6, 6.07) is 17.8. The first-order chi connectivity index (χ1) is 16.8. The number of halogens is 1. The van der Waals surface area contributed by atoms with Gasteiger partial charge in [-0.2, -0.15) is 4.31 Å². The molecule has 9 nitrogen and oxygen atoms in total. The van der Waals surface area contributed by atoms with Gasteiger partial charge in [-0.3, -0.25) is 0 Å². The topological polar surface area (TPSA) is 120 Å². The molecule has 3 aromatic rings. The number of hydrogen-bond acceptors (Lipinski definition) is 6. The average molecular weight is 515 g/mol. The monoisotopic (exact) mass is 514 g/mol. The van der Waals surface area contributed by atoms with Crippen molar-refractivity contribution in [3.8, 4) is 17.2 Å². The van der Waals surface area contributed by atoms with Crippen LogP contribution < -0.4 is 20.7 Å². The number of hydrogen-bond donors (Lipinski definition) is 4. The highest BCUT2D eigenvalue weighted by Crippen LogP contribution is 2.41. The Balaban J connectivity index is 1.36. The number of carbonyl (C=O) groups excluding carboxylic acids is 1.